The first-order valence-electron chi connectivity index (χ1n) is 6.52. The number of amides is 1. The van der Waals surface area contributed by atoms with Crippen LogP contribution in [0.3, 0.4) is 0 Å². The van der Waals surface area contributed by atoms with Crippen molar-refractivity contribution in [3.05, 3.63) is 62.0 Å². The van der Waals surface area contributed by atoms with E-state index in [9.17, 15) is 4.79 Å². The summed E-state index contributed by atoms with van der Waals surface area (Å²) in [5.74, 6) is 0.423. The summed E-state index contributed by atoms with van der Waals surface area (Å²) in [4.78, 5) is 12.4. The van der Waals surface area contributed by atoms with E-state index in [1.54, 1.807) is 25.3 Å². The van der Waals surface area contributed by atoms with Gasteiger partial charge in [0, 0.05) is 0 Å². The number of rotatable bonds is 4. The standard InChI is InChI=1S/C16H14BrCl2NO2/c1-9(10-6-7-14(22-2)11(17)8-10)20-16(21)15-12(18)4-3-5-13(15)19/h3-9H,1-2H3,(H,20,21). The third-order valence-corrected chi connectivity index (χ3v) is 4.46. The number of halogens is 3. The minimum Gasteiger partial charge on any atom is -0.496 e. The second-order valence-electron chi connectivity index (χ2n) is 4.69. The smallest absolute Gasteiger partial charge is 0.254 e. The lowest BCUT2D eigenvalue weighted by Crippen LogP contribution is -2.27. The fraction of sp³-hybridized carbons (Fsp3) is 0.188. The average molecular weight is 403 g/mol. The van der Waals surface area contributed by atoms with E-state index in [1.165, 1.54) is 0 Å². The van der Waals surface area contributed by atoms with E-state index in [0.29, 0.717) is 10.0 Å². The van der Waals surface area contributed by atoms with Crippen molar-refractivity contribution in [1.82, 2.24) is 5.32 Å². The van der Waals surface area contributed by atoms with Crippen LogP contribution in [0.1, 0.15) is 28.9 Å². The molecular weight excluding hydrogens is 389 g/mol. The first kappa shape index (κ1) is 17.1. The van der Waals surface area contributed by atoms with Gasteiger partial charge in [-0.15, -0.1) is 0 Å². The number of hydrogen-bond acceptors (Lipinski definition) is 2. The summed E-state index contributed by atoms with van der Waals surface area (Å²) in [7, 11) is 1.60. The molecule has 1 amide bonds. The maximum Gasteiger partial charge on any atom is 0.254 e. The van der Waals surface area contributed by atoms with Gasteiger partial charge in [-0.25, -0.2) is 0 Å². The quantitative estimate of drug-likeness (QED) is 0.757. The van der Waals surface area contributed by atoms with Crippen molar-refractivity contribution < 1.29 is 9.53 Å². The second kappa shape index (κ2) is 7.36. The maximum absolute atomic E-state index is 12.4. The van der Waals surface area contributed by atoms with Crippen molar-refractivity contribution in [2.45, 2.75) is 13.0 Å². The summed E-state index contributed by atoms with van der Waals surface area (Å²) in [5.41, 5.74) is 1.22. The van der Waals surface area contributed by atoms with Crippen LogP contribution in [0.4, 0.5) is 0 Å². The first-order valence-corrected chi connectivity index (χ1v) is 8.07. The van der Waals surface area contributed by atoms with Crippen molar-refractivity contribution in [3.63, 3.8) is 0 Å². The zero-order valence-corrected chi connectivity index (χ0v) is 15.1. The second-order valence-corrected chi connectivity index (χ2v) is 6.35. The van der Waals surface area contributed by atoms with Crippen LogP contribution in [-0.4, -0.2) is 13.0 Å². The normalized spacial score (nSPS) is 11.9. The molecule has 2 aromatic rings. The van der Waals surface area contributed by atoms with Crippen LogP contribution in [0, 0.1) is 0 Å². The van der Waals surface area contributed by atoms with Crippen molar-refractivity contribution in [3.8, 4) is 5.75 Å². The molecule has 2 aromatic carbocycles. The van der Waals surface area contributed by atoms with Gasteiger partial charge in [-0.2, -0.15) is 0 Å². The Morgan fingerprint density at radius 2 is 1.86 bits per heavy atom. The number of hydrogen-bond donors (Lipinski definition) is 1. The molecule has 0 spiro atoms. The highest BCUT2D eigenvalue weighted by atomic mass is 79.9. The molecule has 1 atom stereocenters. The van der Waals surface area contributed by atoms with E-state index in [4.69, 9.17) is 27.9 Å². The number of benzene rings is 2. The van der Waals surface area contributed by atoms with Gasteiger partial charge in [0.2, 0.25) is 0 Å². The number of carbonyl (C=O) groups excluding carboxylic acids is 1. The Morgan fingerprint density at radius 3 is 2.41 bits per heavy atom. The number of nitrogens with one attached hydrogen (secondary N) is 1. The Morgan fingerprint density at radius 1 is 1.23 bits per heavy atom. The molecule has 1 N–H and O–H groups in total. The van der Waals surface area contributed by atoms with Crippen molar-refractivity contribution in [2.75, 3.05) is 7.11 Å². The van der Waals surface area contributed by atoms with Crippen LogP contribution in [0.5, 0.6) is 5.75 Å². The Hall–Kier alpha value is -1.23. The highest BCUT2D eigenvalue weighted by Crippen LogP contribution is 2.29. The fourth-order valence-corrected chi connectivity index (χ4v) is 3.15. The van der Waals surface area contributed by atoms with Gasteiger partial charge in [-0.1, -0.05) is 35.3 Å². The van der Waals surface area contributed by atoms with Gasteiger partial charge in [0.25, 0.3) is 5.91 Å². The molecule has 3 nitrogen and oxygen atoms in total. The van der Waals surface area contributed by atoms with E-state index in [0.717, 1.165) is 15.8 Å². The molecular formula is C16H14BrCl2NO2. The van der Waals surface area contributed by atoms with Crippen LogP contribution >= 0.6 is 39.1 Å². The summed E-state index contributed by atoms with van der Waals surface area (Å²) in [5, 5.41) is 3.54. The Balaban J connectivity index is 2.20. The lowest BCUT2D eigenvalue weighted by molar-refractivity contribution is 0.0940. The SMILES string of the molecule is COc1ccc(C(C)NC(=O)c2c(Cl)cccc2Cl)cc1Br. The lowest BCUT2D eigenvalue weighted by atomic mass is 10.1. The third kappa shape index (κ3) is 3.75. The molecule has 0 saturated heterocycles. The van der Waals surface area contributed by atoms with Crippen LogP contribution in [0.15, 0.2) is 40.9 Å². The van der Waals surface area contributed by atoms with Crippen molar-refractivity contribution in [1.29, 1.82) is 0 Å². The van der Waals surface area contributed by atoms with E-state index >= 15 is 0 Å². The molecule has 22 heavy (non-hydrogen) atoms. The van der Waals surface area contributed by atoms with E-state index in [-0.39, 0.29) is 17.5 Å². The molecule has 2 rings (SSSR count). The van der Waals surface area contributed by atoms with Gasteiger partial charge in [0.15, 0.2) is 0 Å². The van der Waals surface area contributed by atoms with Crippen LogP contribution in [0.25, 0.3) is 0 Å². The Labute approximate surface area is 147 Å². The van der Waals surface area contributed by atoms with E-state index < -0.39 is 0 Å². The minimum atomic E-state index is -0.310. The van der Waals surface area contributed by atoms with Gasteiger partial charge in [0.05, 0.1) is 33.2 Å². The molecule has 0 aliphatic rings. The molecule has 116 valence electrons. The van der Waals surface area contributed by atoms with Gasteiger partial charge in [-0.3, -0.25) is 4.79 Å². The van der Waals surface area contributed by atoms with Gasteiger partial charge in [0.1, 0.15) is 5.75 Å². The summed E-state index contributed by atoms with van der Waals surface area (Å²) in [6.45, 7) is 1.89. The van der Waals surface area contributed by atoms with Gasteiger partial charge in [-0.05, 0) is 52.7 Å². The van der Waals surface area contributed by atoms with Crippen molar-refractivity contribution in [2.24, 2.45) is 0 Å². The van der Waals surface area contributed by atoms with Crippen molar-refractivity contribution >= 4 is 45.0 Å². The molecule has 0 aromatic heterocycles. The summed E-state index contributed by atoms with van der Waals surface area (Å²) in [6.07, 6.45) is 0. The molecule has 0 bridgehead atoms. The number of methoxy groups -OCH3 is 1. The summed E-state index contributed by atoms with van der Waals surface area (Å²) in [6, 6.07) is 10.4. The highest BCUT2D eigenvalue weighted by molar-refractivity contribution is 9.10. The predicted octanol–water partition coefficient (Wildman–Crippen LogP) is 5.26. The minimum absolute atomic E-state index is 0.206. The van der Waals surface area contributed by atoms with Crippen LogP contribution in [-0.2, 0) is 0 Å². The Kier molecular flexibility index (Phi) is 5.73. The van der Waals surface area contributed by atoms with E-state index in [1.807, 2.05) is 25.1 Å². The van der Waals surface area contributed by atoms with Gasteiger partial charge < -0.3 is 10.1 Å². The molecule has 0 radical (unpaired) electrons. The molecule has 6 heteroatoms. The molecule has 0 heterocycles. The molecule has 0 fully saturated rings. The zero-order chi connectivity index (χ0) is 16.3. The van der Waals surface area contributed by atoms with E-state index in [2.05, 4.69) is 21.2 Å². The molecule has 0 aliphatic heterocycles. The van der Waals surface area contributed by atoms with Crippen LogP contribution < -0.4 is 10.1 Å². The first-order chi connectivity index (χ1) is 10.4. The molecule has 0 aliphatic carbocycles. The Bertz CT molecular complexity index is 686. The third-order valence-electron chi connectivity index (χ3n) is 3.21. The monoisotopic (exact) mass is 401 g/mol. The predicted molar refractivity (Wildman–Crippen MR) is 93.0 cm³/mol. The largest absolute Gasteiger partial charge is 0.496 e. The fourth-order valence-electron chi connectivity index (χ4n) is 2.02. The summed E-state index contributed by atoms with van der Waals surface area (Å²) >= 11 is 15.5. The zero-order valence-electron chi connectivity index (χ0n) is 12.0. The highest BCUT2D eigenvalue weighted by Gasteiger charge is 2.17. The van der Waals surface area contributed by atoms with Crippen LogP contribution in [0.2, 0.25) is 10.0 Å². The average Bonchev–Trinajstić information content (AvgIpc) is 2.46. The lowest BCUT2D eigenvalue weighted by Gasteiger charge is -2.16. The van der Waals surface area contributed by atoms with Gasteiger partial charge >= 0.3 is 0 Å². The maximum atomic E-state index is 12.4. The number of carbonyl (C=O) groups is 1. The number of ether oxygens (including phenoxy) is 1. The molecule has 1 unspecified atom stereocenters. The summed E-state index contributed by atoms with van der Waals surface area (Å²) < 4.78 is 6.02. The molecule has 0 saturated carbocycles. The topological polar surface area (TPSA) is 38.3 Å².